The number of aromatic nitrogens is 3. The first-order chi connectivity index (χ1) is 20.1. The lowest BCUT2D eigenvalue weighted by molar-refractivity contribution is -0.274. The van der Waals surface area contributed by atoms with Gasteiger partial charge in [-0.15, -0.1) is 18.3 Å². The molecule has 1 aliphatic rings. The average Bonchev–Trinajstić information content (AvgIpc) is 3.59. The van der Waals surface area contributed by atoms with Crippen molar-refractivity contribution in [3.8, 4) is 22.8 Å². The smallest absolute Gasteiger partial charge is 0.406 e. The fourth-order valence-electron chi connectivity index (χ4n) is 4.39. The summed E-state index contributed by atoms with van der Waals surface area (Å²) in [6.45, 7) is 4.16. The van der Waals surface area contributed by atoms with Crippen LogP contribution in [0.25, 0.3) is 17.1 Å². The molecular formula is C29H25F3N6O3S. The van der Waals surface area contributed by atoms with Crippen LogP contribution in [0.15, 0.2) is 78.0 Å². The van der Waals surface area contributed by atoms with E-state index in [-0.39, 0.29) is 24.0 Å². The number of nitrogens with one attached hydrogen (secondary N) is 1. The number of alkyl halides is 3. The SMILES string of the molecule is CCc1cccc(C)c1N1C(=O)CSC1=NC(=O)NCc1ccc(-c2ncn(-c3ccc(OC(F)(F)F)cc3)n2)cc1. The van der Waals surface area contributed by atoms with Gasteiger partial charge >= 0.3 is 12.4 Å². The van der Waals surface area contributed by atoms with Gasteiger partial charge in [0.25, 0.3) is 0 Å². The number of carbonyl (C=O) groups is 2. The van der Waals surface area contributed by atoms with E-state index in [2.05, 4.69) is 25.1 Å². The molecule has 1 aromatic heterocycles. The lowest BCUT2D eigenvalue weighted by Gasteiger charge is -2.21. The number of halogens is 3. The van der Waals surface area contributed by atoms with Crippen LogP contribution in [0.5, 0.6) is 5.75 Å². The molecule has 13 heteroatoms. The minimum Gasteiger partial charge on any atom is -0.406 e. The molecule has 42 heavy (non-hydrogen) atoms. The maximum atomic E-state index is 12.7. The number of amidine groups is 1. The maximum Gasteiger partial charge on any atom is 0.573 e. The van der Waals surface area contributed by atoms with E-state index in [9.17, 15) is 22.8 Å². The second kappa shape index (κ2) is 12.1. The molecule has 0 radical (unpaired) electrons. The minimum atomic E-state index is -4.76. The fraction of sp³-hybridized carbons (Fsp3) is 0.207. The van der Waals surface area contributed by atoms with E-state index in [1.807, 2.05) is 44.2 Å². The van der Waals surface area contributed by atoms with Crippen molar-refractivity contribution in [1.29, 1.82) is 0 Å². The van der Waals surface area contributed by atoms with Crippen molar-refractivity contribution in [2.75, 3.05) is 10.7 Å². The Hall–Kier alpha value is -4.65. The second-order valence-corrected chi connectivity index (χ2v) is 10.2. The Labute approximate surface area is 243 Å². The summed E-state index contributed by atoms with van der Waals surface area (Å²) >= 11 is 1.23. The summed E-state index contributed by atoms with van der Waals surface area (Å²) in [5.41, 5.74) is 4.76. The number of ether oxygens (including phenoxy) is 1. The highest BCUT2D eigenvalue weighted by Gasteiger charge is 2.33. The van der Waals surface area contributed by atoms with Gasteiger partial charge in [0.2, 0.25) is 5.91 Å². The van der Waals surface area contributed by atoms with Crippen molar-refractivity contribution in [2.45, 2.75) is 33.2 Å². The van der Waals surface area contributed by atoms with Crippen LogP contribution in [0, 0.1) is 6.92 Å². The molecule has 4 aromatic rings. The van der Waals surface area contributed by atoms with Gasteiger partial charge in [-0.3, -0.25) is 9.69 Å². The summed E-state index contributed by atoms with van der Waals surface area (Å²) in [5.74, 6) is 0.186. The standard InChI is InChI=1S/C29H25F3N6O3S/c1-3-20-6-4-5-18(2)25(20)38-24(39)16-42-28(38)35-27(40)33-15-19-7-9-21(10-8-19)26-34-17-37(36-26)22-11-13-23(14-12-22)41-29(30,31)32/h4-14,17H,3,15-16H2,1-2H3,(H,33,40). The Kier molecular flexibility index (Phi) is 8.29. The van der Waals surface area contributed by atoms with E-state index in [4.69, 9.17) is 0 Å². The average molecular weight is 595 g/mol. The number of hydrogen-bond acceptors (Lipinski definition) is 6. The Balaban J connectivity index is 1.22. The van der Waals surface area contributed by atoms with Crippen molar-refractivity contribution >= 4 is 34.6 Å². The zero-order valence-corrected chi connectivity index (χ0v) is 23.4. The predicted molar refractivity (Wildman–Crippen MR) is 154 cm³/mol. The highest BCUT2D eigenvalue weighted by molar-refractivity contribution is 8.15. The number of amides is 3. The molecule has 0 bridgehead atoms. The van der Waals surface area contributed by atoms with E-state index in [0.717, 1.165) is 28.8 Å². The van der Waals surface area contributed by atoms with Crippen molar-refractivity contribution in [3.63, 3.8) is 0 Å². The molecule has 0 aliphatic carbocycles. The molecule has 216 valence electrons. The zero-order chi connectivity index (χ0) is 29.9. The van der Waals surface area contributed by atoms with Gasteiger partial charge in [0.05, 0.1) is 17.1 Å². The predicted octanol–water partition coefficient (Wildman–Crippen LogP) is 6.05. The molecule has 9 nitrogen and oxygen atoms in total. The number of urea groups is 1. The number of rotatable bonds is 7. The van der Waals surface area contributed by atoms with Gasteiger partial charge in [-0.25, -0.2) is 14.5 Å². The van der Waals surface area contributed by atoms with Crippen LogP contribution in [0.3, 0.4) is 0 Å². The molecule has 3 aromatic carbocycles. The van der Waals surface area contributed by atoms with Crippen LogP contribution in [0.4, 0.5) is 23.7 Å². The molecule has 2 heterocycles. The molecule has 1 aliphatic heterocycles. The first kappa shape index (κ1) is 28.9. The third-order valence-electron chi connectivity index (χ3n) is 6.37. The maximum absolute atomic E-state index is 12.7. The summed E-state index contributed by atoms with van der Waals surface area (Å²) in [6, 6.07) is 17.8. The Bertz CT molecular complexity index is 1640. The van der Waals surface area contributed by atoms with E-state index in [0.29, 0.717) is 22.2 Å². The van der Waals surface area contributed by atoms with Gasteiger partial charge in [-0.2, -0.15) is 4.99 Å². The number of aryl methyl sites for hydroxylation is 2. The lowest BCUT2D eigenvalue weighted by atomic mass is 10.0. The molecule has 5 rings (SSSR count). The monoisotopic (exact) mass is 594 g/mol. The quantitative estimate of drug-likeness (QED) is 0.280. The van der Waals surface area contributed by atoms with Gasteiger partial charge < -0.3 is 10.1 Å². The first-order valence-electron chi connectivity index (χ1n) is 12.9. The van der Waals surface area contributed by atoms with Crippen molar-refractivity contribution < 1.29 is 27.5 Å². The summed E-state index contributed by atoms with van der Waals surface area (Å²) in [5, 5.41) is 7.51. The molecule has 0 spiro atoms. The number of nitrogens with zero attached hydrogens (tertiary/aromatic N) is 5. The second-order valence-electron chi connectivity index (χ2n) is 9.26. The van der Waals surface area contributed by atoms with Crippen LogP contribution in [-0.4, -0.2) is 44.0 Å². The zero-order valence-electron chi connectivity index (χ0n) is 22.6. The van der Waals surface area contributed by atoms with Gasteiger partial charge in [-0.05, 0) is 54.3 Å². The van der Waals surface area contributed by atoms with Crippen LogP contribution in [0.2, 0.25) is 0 Å². The number of benzene rings is 3. The number of anilines is 1. The summed E-state index contributed by atoms with van der Waals surface area (Å²) < 4.78 is 42.5. The summed E-state index contributed by atoms with van der Waals surface area (Å²) in [4.78, 5) is 35.4. The molecule has 1 N–H and O–H groups in total. The summed E-state index contributed by atoms with van der Waals surface area (Å²) in [6.07, 6.45) is -2.57. The Morgan fingerprint density at radius 3 is 2.52 bits per heavy atom. The van der Waals surface area contributed by atoms with Gasteiger partial charge in [0.15, 0.2) is 11.0 Å². The number of aliphatic imine (C=N–C) groups is 1. The third kappa shape index (κ3) is 6.62. The topological polar surface area (TPSA) is 102 Å². The van der Waals surface area contributed by atoms with Crippen molar-refractivity contribution in [1.82, 2.24) is 20.1 Å². The first-order valence-corrected chi connectivity index (χ1v) is 13.9. The molecule has 0 saturated carbocycles. The molecule has 3 amide bonds. The highest BCUT2D eigenvalue weighted by Crippen LogP contribution is 2.33. The van der Waals surface area contributed by atoms with Crippen molar-refractivity contribution in [3.05, 3.63) is 89.7 Å². The fourth-order valence-corrected chi connectivity index (χ4v) is 5.24. The lowest BCUT2D eigenvalue weighted by Crippen LogP contribution is -2.32. The van der Waals surface area contributed by atoms with E-state index in [1.54, 1.807) is 12.1 Å². The largest absolute Gasteiger partial charge is 0.573 e. The van der Waals surface area contributed by atoms with Crippen LogP contribution in [0.1, 0.15) is 23.6 Å². The minimum absolute atomic E-state index is 0.116. The number of hydrogen-bond donors (Lipinski definition) is 1. The Morgan fingerprint density at radius 2 is 1.83 bits per heavy atom. The highest BCUT2D eigenvalue weighted by atomic mass is 32.2. The van der Waals surface area contributed by atoms with Crippen LogP contribution < -0.4 is 15.0 Å². The normalized spacial score (nSPS) is 14.5. The molecule has 1 saturated heterocycles. The van der Waals surface area contributed by atoms with Crippen LogP contribution in [-0.2, 0) is 17.8 Å². The number of thioether (sulfide) groups is 1. The van der Waals surface area contributed by atoms with Gasteiger partial charge in [0, 0.05) is 12.1 Å². The van der Waals surface area contributed by atoms with E-state index < -0.39 is 12.4 Å². The van der Waals surface area contributed by atoms with Gasteiger partial charge in [0.1, 0.15) is 12.1 Å². The summed E-state index contributed by atoms with van der Waals surface area (Å²) in [7, 11) is 0. The van der Waals surface area contributed by atoms with Gasteiger partial charge in [-0.1, -0.05) is 61.2 Å². The number of carbonyl (C=O) groups excluding carboxylic acids is 2. The van der Waals surface area contributed by atoms with E-state index >= 15 is 0 Å². The van der Waals surface area contributed by atoms with Crippen LogP contribution >= 0.6 is 11.8 Å². The number of para-hydroxylation sites is 1. The molecule has 0 atom stereocenters. The Morgan fingerprint density at radius 1 is 1.10 bits per heavy atom. The molecule has 1 fully saturated rings. The van der Waals surface area contributed by atoms with Crippen molar-refractivity contribution in [2.24, 2.45) is 4.99 Å². The third-order valence-corrected chi connectivity index (χ3v) is 7.29. The molecule has 0 unspecified atom stereocenters. The van der Waals surface area contributed by atoms with E-state index in [1.165, 1.54) is 51.9 Å². The molecular weight excluding hydrogens is 569 g/mol.